The zero-order valence-electron chi connectivity index (χ0n) is 12.8. The fraction of sp³-hybridized carbons (Fsp3) is 0.167. The van der Waals surface area contributed by atoms with Gasteiger partial charge in [0.2, 0.25) is 11.8 Å². The van der Waals surface area contributed by atoms with Crippen LogP contribution in [-0.4, -0.2) is 29.2 Å². The van der Waals surface area contributed by atoms with Gasteiger partial charge in [-0.2, -0.15) is 0 Å². The van der Waals surface area contributed by atoms with Gasteiger partial charge in [0.15, 0.2) is 0 Å². The van der Waals surface area contributed by atoms with Gasteiger partial charge in [-0.3, -0.25) is 19.3 Å². The SMILES string of the molecule is O=C(CN1C(=O)Cc2ccccc2C1=O)NCc1cccc(Cl)c1. The second kappa shape index (κ2) is 6.84. The summed E-state index contributed by atoms with van der Waals surface area (Å²) in [6.07, 6.45) is 0.128. The van der Waals surface area contributed by atoms with Gasteiger partial charge >= 0.3 is 0 Å². The third-order valence-electron chi connectivity index (χ3n) is 3.82. The summed E-state index contributed by atoms with van der Waals surface area (Å²) < 4.78 is 0. The van der Waals surface area contributed by atoms with Crippen molar-refractivity contribution in [2.75, 3.05) is 6.54 Å². The molecule has 0 saturated heterocycles. The molecule has 1 heterocycles. The largest absolute Gasteiger partial charge is 0.350 e. The normalized spacial score (nSPS) is 13.6. The minimum absolute atomic E-state index is 0.128. The van der Waals surface area contributed by atoms with E-state index < -0.39 is 11.8 Å². The minimum Gasteiger partial charge on any atom is -0.350 e. The lowest BCUT2D eigenvalue weighted by molar-refractivity contribution is -0.133. The van der Waals surface area contributed by atoms with Gasteiger partial charge in [-0.1, -0.05) is 41.9 Å². The first-order valence-electron chi connectivity index (χ1n) is 7.48. The first-order valence-corrected chi connectivity index (χ1v) is 7.86. The van der Waals surface area contributed by atoms with Crippen LogP contribution in [0.3, 0.4) is 0 Å². The smallest absolute Gasteiger partial charge is 0.261 e. The Kier molecular flexibility index (Phi) is 4.62. The number of fused-ring (bicyclic) bond motifs is 1. The number of hydrogen-bond donors (Lipinski definition) is 1. The first-order chi connectivity index (χ1) is 11.5. The van der Waals surface area contributed by atoms with Crippen molar-refractivity contribution in [1.82, 2.24) is 10.2 Å². The number of benzene rings is 2. The van der Waals surface area contributed by atoms with E-state index in [1.807, 2.05) is 6.07 Å². The molecule has 2 aromatic rings. The second-order valence-corrected chi connectivity index (χ2v) is 5.96. The fourth-order valence-corrected chi connectivity index (χ4v) is 2.82. The molecule has 3 rings (SSSR count). The van der Waals surface area contributed by atoms with E-state index in [2.05, 4.69) is 5.32 Å². The molecule has 0 fully saturated rings. The van der Waals surface area contributed by atoms with Crippen LogP contribution in [0.5, 0.6) is 0 Å². The summed E-state index contributed by atoms with van der Waals surface area (Å²) >= 11 is 5.89. The summed E-state index contributed by atoms with van der Waals surface area (Å²) in [5, 5.41) is 3.28. The molecule has 122 valence electrons. The number of nitrogens with one attached hydrogen (secondary N) is 1. The van der Waals surface area contributed by atoms with Crippen molar-refractivity contribution in [3.8, 4) is 0 Å². The van der Waals surface area contributed by atoms with E-state index in [9.17, 15) is 14.4 Å². The molecule has 5 nitrogen and oxygen atoms in total. The van der Waals surface area contributed by atoms with E-state index in [1.54, 1.807) is 42.5 Å². The van der Waals surface area contributed by atoms with Gasteiger partial charge in [-0.25, -0.2) is 0 Å². The predicted octanol–water partition coefficient (Wildman–Crippen LogP) is 2.18. The number of halogens is 1. The first kappa shape index (κ1) is 16.2. The molecule has 0 spiro atoms. The molecule has 1 N–H and O–H groups in total. The molecule has 0 unspecified atom stereocenters. The molecule has 6 heteroatoms. The standard InChI is InChI=1S/C18H15ClN2O3/c19-14-6-3-4-12(8-14)10-20-16(22)11-21-17(23)9-13-5-1-2-7-15(13)18(21)24/h1-8H,9-11H2,(H,20,22). The third-order valence-corrected chi connectivity index (χ3v) is 4.05. The van der Waals surface area contributed by atoms with Crippen LogP contribution in [0.4, 0.5) is 0 Å². The van der Waals surface area contributed by atoms with Crippen molar-refractivity contribution < 1.29 is 14.4 Å². The lowest BCUT2D eigenvalue weighted by Gasteiger charge is -2.26. The van der Waals surface area contributed by atoms with Crippen LogP contribution in [0.2, 0.25) is 5.02 Å². The Balaban J connectivity index is 1.64. The van der Waals surface area contributed by atoms with E-state index in [-0.39, 0.29) is 25.4 Å². The Morgan fingerprint density at radius 3 is 2.71 bits per heavy atom. The Morgan fingerprint density at radius 2 is 1.92 bits per heavy atom. The molecule has 1 aliphatic heterocycles. The van der Waals surface area contributed by atoms with Crippen LogP contribution < -0.4 is 5.32 Å². The van der Waals surface area contributed by atoms with Gasteiger partial charge in [0, 0.05) is 17.1 Å². The fourth-order valence-electron chi connectivity index (χ4n) is 2.61. The van der Waals surface area contributed by atoms with Gasteiger partial charge in [0.25, 0.3) is 5.91 Å². The van der Waals surface area contributed by atoms with Crippen molar-refractivity contribution >= 4 is 29.3 Å². The number of carbonyl (C=O) groups is 3. The van der Waals surface area contributed by atoms with E-state index in [0.717, 1.165) is 10.5 Å². The summed E-state index contributed by atoms with van der Waals surface area (Å²) in [6.45, 7) is -0.00122. The van der Waals surface area contributed by atoms with E-state index in [4.69, 9.17) is 11.6 Å². The van der Waals surface area contributed by atoms with Gasteiger partial charge in [-0.05, 0) is 29.3 Å². The maximum atomic E-state index is 12.4. The van der Waals surface area contributed by atoms with E-state index in [0.29, 0.717) is 16.1 Å². The van der Waals surface area contributed by atoms with Crippen LogP contribution in [-0.2, 0) is 22.6 Å². The molecule has 2 aromatic carbocycles. The summed E-state index contributed by atoms with van der Waals surface area (Å²) in [4.78, 5) is 37.6. The molecule has 0 radical (unpaired) electrons. The summed E-state index contributed by atoms with van der Waals surface area (Å²) in [5.74, 6) is -1.19. The molecule has 0 bridgehead atoms. The lowest BCUT2D eigenvalue weighted by Crippen LogP contribution is -2.47. The molecule has 0 aromatic heterocycles. The summed E-state index contributed by atoms with van der Waals surface area (Å²) in [7, 11) is 0. The topological polar surface area (TPSA) is 66.5 Å². The number of carbonyl (C=O) groups excluding carboxylic acids is 3. The Hall–Kier alpha value is -2.66. The molecule has 0 atom stereocenters. The number of hydrogen-bond acceptors (Lipinski definition) is 3. The second-order valence-electron chi connectivity index (χ2n) is 5.53. The molecule has 0 saturated carbocycles. The van der Waals surface area contributed by atoms with Gasteiger partial charge in [0.1, 0.15) is 6.54 Å². The molecule has 1 aliphatic rings. The lowest BCUT2D eigenvalue weighted by atomic mass is 9.98. The Morgan fingerprint density at radius 1 is 1.12 bits per heavy atom. The molecule has 0 aliphatic carbocycles. The highest BCUT2D eigenvalue weighted by Crippen LogP contribution is 2.19. The molecule has 3 amide bonds. The Labute approximate surface area is 144 Å². The van der Waals surface area contributed by atoms with Gasteiger partial charge in [-0.15, -0.1) is 0 Å². The van der Waals surface area contributed by atoms with Crippen molar-refractivity contribution in [1.29, 1.82) is 0 Å². The summed E-state index contributed by atoms with van der Waals surface area (Å²) in [6, 6.07) is 14.1. The maximum absolute atomic E-state index is 12.4. The number of imide groups is 1. The van der Waals surface area contributed by atoms with Crippen molar-refractivity contribution in [3.63, 3.8) is 0 Å². The van der Waals surface area contributed by atoms with Gasteiger partial charge in [0.05, 0.1) is 6.42 Å². The number of amides is 3. The summed E-state index contributed by atoms with van der Waals surface area (Å²) in [5.41, 5.74) is 2.01. The average molecular weight is 343 g/mol. The van der Waals surface area contributed by atoms with Crippen molar-refractivity contribution in [2.24, 2.45) is 0 Å². The van der Waals surface area contributed by atoms with Crippen molar-refractivity contribution in [3.05, 3.63) is 70.2 Å². The van der Waals surface area contributed by atoms with Gasteiger partial charge < -0.3 is 5.32 Å². The zero-order valence-corrected chi connectivity index (χ0v) is 13.5. The highest BCUT2D eigenvalue weighted by atomic mass is 35.5. The maximum Gasteiger partial charge on any atom is 0.261 e. The molecule has 24 heavy (non-hydrogen) atoms. The quantitative estimate of drug-likeness (QED) is 0.866. The van der Waals surface area contributed by atoms with Crippen LogP contribution in [0.15, 0.2) is 48.5 Å². The predicted molar refractivity (Wildman–Crippen MR) is 89.5 cm³/mol. The van der Waals surface area contributed by atoms with Crippen molar-refractivity contribution in [2.45, 2.75) is 13.0 Å². The van der Waals surface area contributed by atoms with E-state index >= 15 is 0 Å². The monoisotopic (exact) mass is 342 g/mol. The van der Waals surface area contributed by atoms with Crippen LogP contribution in [0, 0.1) is 0 Å². The number of nitrogens with zero attached hydrogens (tertiary/aromatic N) is 1. The van der Waals surface area contributed by atoms with Crippen LogP contribution >= 0.6 is 11.6 Å². The minimum atomic E-state index is -0.431. The van der Waals surface area contributed by atoms with Crippen LogP contribution in [0.25, 0.3) is 0 Å². The highest BCUT2D eigenvalue weighted by molar-refractivity contribution is 6.30. The average Bonchev–Trinajstić information content (AvgIpc) is 2.57. The highest BCUT2D eigenvalue weighted by Gasteiger charge is 2.31. The Bertz CT molecular complexity index is 819. The number of rotatable bonds is 4. The zero-order chi connectivity index (χ0) is 17.1. The third kappa shape index (κ3) is 3.46. The van der Waals surface area contributed by atoms with E-state index in [1.165, 1.54) is 0 Å². The van der Waals surface area contributed by atoms with Crippen LogP contribution in [0.1, 0.15) is 21.5 Å². The molecular weight excluding hydrogens is 328 g/mol. The molecular formula is C18H15ClN2O3.